The highest BCUT2D eigenvalue weighted by atomic mass is 35.5. The van der Waals surface area contributed by atoms with Crippen LogP contribution in [0.5, 0.6) is 0 Å². The Bertz CT molecular complexity index is 1080. The first kappa shape index (κ1) is 21.0. The average Bonchev–Trinajstić information content (AvgIpc) is 2.99. The average molecular weight is 434 g/mol. The Labute approximate surface area is 187 Å². The van der Waals surface area contributed by atoms with E-state index in [-0.39, 0.29) is 5.91 Å². The van der Waals surface area contributed by atoms with Gasteiger partial charge in [-0.3, -0.25) is 14.8 Å². The van der Waals surface area contributed by atoms with Gasteiger partial charge in [-0.1, -0.05) is 29.8 Å². The molecule has 1 aromatic heterocycles. The number of hydrogen-bond acceptors (Lipinski definition) is 5. The van der Waals surface area contributed by atoms with Crippen LogP contribution in [-0.4, -0.2) is 60.1 Å². The molecular weight excluding hydrogens is 410 g/mol. The molecular formula is C24H24ClN5O. The first-order valence-corrected chi connectivity index (χ1v) is 10.6. The third-order valence-electron chi connectivity index (χ3n) is 5.23. The van der Waals surface area contributed by atoms with Crippen LogP contribution in [-0.2, 0) is 0 Å². The van der Waals surface area contributed by atoms with Crippen molar-refractivity contribution >= 4 is 40.8 Å². The molecule has 2 aliphatic rings. The van der Waals surface area contributed by atoms with Gasteiger partial charge in [0, 0.05) is 61.1 Å². The van der Waals surface area contributed by atoms with Crippen molar-refractivity contribution in [1.29, 1.82) is 0 Å². The van der Waals surface area contributed by atoms with Crippen LogP contribution in [0.25, 0.3) is 0 Å². The molecule has 158 valence electrons. The van der Waals surface area contributed by atoms with Crippen LogP contribution >= 0.6 is 11.6 Å². The molecule has 0 aliphatic carbocycles. The van der Waals surface area contributed by atoms with E-state index in [1.54, 1.807) is 18.5 Å². The van der Waals surface area contributed by atoms with Crippen molar-refractivity contribution in [2.24, 2.45) is 4.99 Å². The molecule has 6 nitrogen and oxygen atoms in total. The maximum atomic E-state index is 12.0. The number of aliphatic imine (C=N–C) groups is 1. The number of piperazine rings is 1. The number of fused-ring (bicyclic) bond motifs is 2. The highest BCUT2D eigenvalue weighted by molar-refractivity contribution is 6.31. The second-order valence-electron chi connectivity index (χ2n) is 7.47. The fraction of sp³-hybridized carbons (Fsp3) is 0.208. The smallest absolute Gasteiger partial charge is 0.255 e. The van der Waals surface area contributed by atoms with Crippen molar-refractivity contribution in [3.8, 4) is 0 Å². The minimum Gasteiger partial charge on any atom is -0.353 e. The van der Waals surface area contributed by atoms with Crippen LogP contribution in [0, 0.1) is 0 Å². The van der Waals surface area contributed by atoms with Gasteiger partial charge in [-0.05, 0) is 43.4 Å². The second kappa shape index (κ2) is 9.73. The quantitative estimate of drug-likeness (QED) is 0.476. The first-order chi connectivity index (χ1) is 15.1. The molecule has 0 spiro atoms. The van der Waals surface area contributed by atoms with Gasteiger partial charge < -0.3 is 15.1 Å². The summed E-state index contributed by atoms with van der Waals surface area (Å²) < 4.78 is 0. The van der Waals surface area contributed by atoms with Gasteiger partial charge in [0.1, 0.15) is 0 Å². The summed E-state index contributed by atoms with van der Waals surface area (Å²) >= 11 is 5.94. The molecule has 5 rings (SSSR count). The second-order valence-corrected chi connectivity index (χ2v) is 7.91. The molecule has 0 radical (unpaired) electrons. The van der Waals surface area contributed by atoms with Crippen LogP contribution in [0.2, 0.25) is 5.02 Å². The molecule has 2 aromatic carbocycles. The van der Waals surface area contributed by atoms with E-state index in [9.17, 15) is 4.79 Å². The van der Waals surface area contributed by atoms with Gasteiger partial charge in [0.25, 0.3) is 5.91 Å². The number of anilines is 2. The predicted molar refractivity (Wildman–Crippen MR) is 126 cm³/mol. The number of carbonyl (C=O) groups is 1. The Balaban J connectivity index is 0.000000150. The molecule has 7 heteroatoms. The van der Waals surface area contributed by atoms with Crippen LogP contribution in [0.3, 0.4) is 0 Å². The van der Waals surface area contributed by atoms with Gasteiger partial charge in [0.15, 0.2) is 0 Å². The van der Waals surface area contributed by atoms with E-state index in [0.29, 0.717) is 10.6 Å². The van der Waals surface area contributed by atoms with E-state index < -0.39 is 0 Å². The highest BCUT2D eigenvalue weighted by Crippen LogP contribution is 2.33. The summed E-state index contributed by atoms with van der Waals surface area (Å²) in [6, 6.07) is 17.3. The fourth-order valence-electron chi connectivity index (χ4n) is 3.41. The molecule has 0 bridgehead atoms. The fourth-order valence-corrected chi connectivity index (χ4v) is 3.57. The Morgan fingerprint density at radius 2 is 1.81 bits per heavy atom. The summed E-state index contributed by atoms with van der Waals surface area (Å²) in [5.74, 6) is 0.0937. The van der Waals surface area contributed by atoms with Gasteiger partial charge in [0.05, 0.1) is 16.9 Å². The van der Waals surface area contributed by atoms with Crippen molar-refractivity contribution < 1.29 is 4.79 Å². The molecule has 0 saturated carbocycles. The number of pyridine rings is 1. The Morgan fingerprint density at radius 1 is 1.00 bits per heavy atom. The number of aromatic nitrogens is 1. The third-order valence-corrected chi connectivity index (χ3v) is 5.47. The molecule has 3 aromatic rings. The zero-order chi connectivity index (χ0) is 21.6. The lowest BCUT2D eigenvalue weighted by Crippen LogP contribution is -2.47. The van der Waals surface area contributed by atoms with Crippen LogP contribution in [0.15, 0.2) is 72.0 Å². The predicted octanol–water partition coefficient (Wildman–Crippen LogP) is 4.62. The third kappa shape index (κ3) is 5.29. The van der Waals surface area contributed by atoms with Crippen LogP contribution in [0.1, 0.15) is 15.9 Å². The zero-order valence-electron chi connectivity index (χ0n) is 17.3. The molecule has 3 heterocycles. The first-order valence-electron chi connectivity index (χ1n) is 10.2. The SMILES string of the molecule is CN1CCN(C(=O)c2cccnc2)CC1.Clc1ccc2c(c1)N=Cc1ccccc1N2. The van der Waals surface area contributed by atoms with E-state index in [0.717, 1.165) is 48.8 Å². The van der Waals surface area contributed by atoms with Crippen molar-refractivity contribution in [2.75, 3.05) is 38.5 Å². The van der Waals surface area contributed by atoms with Crippen LogP contribution < -0.4 is 5.32 Å². The number of nitrogens with one attached hydrogen (secondary N) is 1. The highest BCUT2D eigenvalue weighted by Gasteiger charge is 2.20. The molecule has 0 unspecified atom stereocenters. The number of likely N-dealkylation sites (N-methyl/N-ethyl adjacent to an activating group) is 1. The van der Waals surface area contributed by atoms with Gasteiger partial charge in [0.2, 0.25) is 0 Å². The Morgan fingerprint density at radius 3 is 2.58 bits per heavy atom. The lowest BCUT2D eigenvalue weighted by atomic mass is 10.2. The minimum absolute atomic E-state index is 0.0937. The molecule has 1 amide bonds. The van der Waals surface area contributed by atoms with Crippen molar-refractivity contribution in [1.82, 2.24) is 14.8 Å². The number of halogens is 1. The van der Waals surface area contributed by atoms with Gasteiger partial charge >= 0.3 is 0 Å². The molecule has 2 aliphatic heterocycles. The van der Waals surface area contributed by atoms with Gasteiger partial charge in [-0.25, -0.2) is 0 Å². The maximum Gasteiger partial charge on any atom is 0.255 e. The van der Waals surface area contributed by atoms with Gasteiger partial charge in [-0.15, -0.1) is 0 Å². The number of benzene rings is 2. The Kier molecular flexibility index (Phi) is 6.60. The van der Waals surface area contributed by atoms with Crippen LogP contribution in [0.4, 0.5) is 17.1 Å². The summed E-state index contributed by atoms with van der Waals surface area (Å²) in [6.07, 6.45) is 5.16. The number of nitrogens with zero attached hydrogens (tertiary/aromatic N) is 4. The number of amides is 1. The number of para-hydroxylation sites is 1. The van der Waals surface area contributed by atoms with Crippen molar-refractivity contribution in [3.63, 3.8) is 0 Å². The van der Waals surface area contributed by atoms with E-state index in [4.69, 9.17) is 11.6 Å². The topological polar surface area (TPSA) is 60.8 Å². The molecule has 31 heavy (non-hydrogen) atoms. The molecule has 1 saturated heterocycles. The summed E-state index contributed by atoms with van der Waals surface area (Å²) in [6.45, 7) is 3.52. The van der Waals surface area contributed by atoms with Crippen molar-refractivity contribution in [3.05, 3.63) is 83.1 Å². The number of hydrogen-bond donors (Lipinski definition) is 1. The molecule has 1 N–H and O–H groups in total. The number of rotatable bonds is 1. The Hall–Kier alpha value is -3.22. The summed E-state index contributed by atoms with van der Waals surface area (Å²) in [5, 5.41) is 4.04. The monoisotopic (exact) mass is 433 g/mol. The zero-order valence-corrected chi connectivity index (χ0v) is 18.1. The lowest BCUT2D eigenvalue weighted by Gasteiger charge is -2.32. The van der Waals surface area contributed by atoms with E-state index in [1.807, 2.05) is 59.6 Å². The molecule has 1 fully saturated rings. The standard InChI is InChI=1S/C13H9ClN2.C11H15N3O/c14-10-5-6-12-13(7-10)15-8-9-3-1-2-4-11(9)16-12;1-13-5-7-14(8-6-13)11(15)10-3-2-4-12-9-10/h1-8,16H;2-4,9H,5-8H2,1H3. The summed E-state index contributed by atoms with van der Waals surface area (Å²) in [5.41, 5.74) is 4.67. The van der Waals surface area contributed by atoms with E-state index in [1.165, 1.54) is 0 Å². The number of carbonyl (C=O) groups excluding carboxylic acids is 1. The summed E-state index contributed by atoms with van der Waals surface area (Å²) in [7, 11) is 2.08. The van der Waals surface area contributed by atoms with Gasteiger partial charge in [-0.2, -0.15) is 0 Å². The lowest BCUT2D eigenvalue weighted by molar-refractivity contribution is 0.0663. The molecule has 0 atom stereocenters. The van der Waals surface area contributed by atoms with E-state index in [2.05, 4.69) is 27.2 Å². The maximum absolute atomic E-state index is 12.0. The van der Waals surface area contributed by atoms with Crippen molar-refractivity contribution in [2.45, 2.75) is 0 Å². The minimum atomic E-state index is 0.0937. The summed E-state index contributed by atoms with van der Waals surface area (Å²) in [4.78, 5) is 24.5. The van der Waals surface area contributed by atoms with E-state index >= 15 is 0 Å². The normalized spacial score (nSPS) is 15.0. The largest absolute Gasteiger partial charge is 0.353 e.